The summed E-state index contributed by atoms with van der Waals surface area (Å²) in [5.41, 5.74) is -0.332. The maximum atomic E-state index is 11.3. The molecule has 0 spiro atoms. The zero-order chi connectivity index (χ0) is 11.6. The topological polar surface area (TPSA) is 61.8 Å². The van der Waals surface area contributed by atoms with Crippen molar-refractivity contribution in [2.24, 2.45) is 5.41 Å². The van der Waals surface area contributed by atoms with Gasteiger partial charge in [0, 0.05) is 5.41 Å². The van der Waals surface area contributed by atoms with Gasteiger partial charge in [0.2, 0.25) is 12.0 Å². The SMILES string of the molecule is COC(=O)/C=C1\O[C@@H](C(C)(C)C)OC1=O. The van der Waals surface area contributed by atoms with Crippen LogP contribution in [-0.4, -0.2) is 25.3 Å². The lowest BCUT2D eigenvalue weighted by Gasteiger charge is -2.23. The van der Waals surface area contributed by atoms with Crippen LogP contribution in [0.5, 0.6) is 0 Å². The van der Waals surface area contributed by atoms with E-state index in [1.165, 1.54) is 7.11 Å². The van der Waals surface area contributed by atoms with E-state index in [1.54, 1.807) is 0 Å². The molecule has 1 saturated heterocycles. The van der Waals surface area contributed by atoms with Crippen molar-refractivity contribution in [1.82, 2.24) is 0 Å². The summed E-state index contributed by atoms with van der Waals surface area (Å²) >= 11 is 0. The van der Waals surface area contributed by atoms with Gasteiger partial charge in [0.25, 0.3) is 0 Å². The summed E-state index contributed by atoms with van der Waals surface area (Å²) in [7, 11) is 1.22. The Morgan fingerprint density at radius 3 is 2.40 bits per heavy atom. The first kappa shape index (κ1) is 11.6. The highest BCUT2D eigenvalue weighted by atomic mass is 16.7. The van der Waals surface area contributed by atoms with E-state index in [0.29, 0.717) is 0 Å². The van der Waals surface area contributed by atoms with Gasteiger partial charge in [-0.2, -0.15) is 0 Å². The molecule has 1 heterocycles. The average Bonchev–Trinajstić information content (AvgIpc) is 2.47. The molecular formula is C10H14O5. The van der Waals surface area contributed by atoms with Crippen LogP contribution in [0.3, 0.4) is 0 Å². The number of carbonyl (C=O) groups is 2. The molecule has 5 nitrogen and oxygen atoms in total. The zero-order valence-corrected chi connectivity index (χ0v) is 9.20. The quantitative estimate of drug-likeness (QED) is 0.481. The van der Waals surface area contributed by atoms with E-state index >= 15 is 0 Å². The number of hydrogen-bond acceptors (Lipinski definition) is 5. The monoisotopic (exact) mass is 214 g/mol. The molecule has 1 aliphatic rings. The van der Waals surface area contributed by atoms with Crippen LogP contribution >= 0.6 is 0 Å². The summed E-state index contributed by atoms with van der Waals surface area (Å²) < 4.78 is 14.5. The van der Waals surface area contributed by atoms with Crippen molar-refractivity contribution >= 4 is 11.9 Å². The van der Waals surface area contributed by atoms with Gasteiger partial charge >= 0.3 is 11.9 Å². The van der Waals surface area contributed by atoms with Gasteiger partial charge in [0.1, 0.15) is 0 Å². The van der Waals surface area contributed by atoms with Crippen molar-refractivity contribution in [2.45, 2.75) is 27.1 Å². The average molecular weight is 214 g/mol. The molecule has 0 aliphatic carbocycles. The largest absolute Gasteiger partial charge is 0.466 e. The molecule has 0 bridgehead atoms. The van der Waals surface area contributed by atoms with Crippen LogP contribution in [0.15, 0.2) is 11.8 Å². The summed E-state index contributed by atoms with van der Waals surface area (Å²) in [5.74, 6) is -1.39. The maximum absolute atomic E-state index is 11.3. The third-order valence-electron chi connectivity index (χ3n) is 1.81. The Morgan fingerprint density at radius 1 is 1.40 bits per heavy atom. The molecule has 0 amide bonds. The van der Waals surface area contributed by atoms with Gasteiger partial charge in [-0.1, -0.05) is 20.8 Å². The van der Waals surface area contributed by atoms with Gasteiger partial charge in [-0.15, -0.1) is 0 Å². The van der Waals surface area contributed by atoms with Gasteiger partial charge in [0.05, 0.1) is 13.2 Å². The van der Waals surface area contributed by atoms with Gasteiger partial charge in [0.15, 0.2) is 0 Å². The molecule has 0 saturated carbocycles. The van der Waals surface area contributed by atoms with Crippen LogP contribution < -0.4 is 0 Å². The summed E-state index contributed by atoms with van der Waals surface area (Å²) in [6, 6.07) is 0. The minimum Gasteiger partial charge on any atom is -0.466 e. The number of methoxy groups -OCH3 is 1. The van der Waals surface area contributed by atoms with Crippen LogP contribution in [0.4, 0.5) is 0 Å². The van der Waals surface area contributed by atoms with E-state index in [1.807, 2.05) is 20.8 Å². The van der Waals surface area contributed by atoms with Crippen molar-refractivity contribution in [3.63, 3.8) is 0 Å². The summed E-state index contributed by atoms with van der Waals surface area (Å²) in [6.45, 7) is 5.60. The maximum Gasteiger partial charge on any atom is 0.377 e. The summed E-state index contributed by atoms with van der Waals surface area (Å²) in [6.07, 6.45) is 0.314. The molecule has 0 N–H and O–H groups in total. The van der Waals surface area contributed by atoms with Crippen LogP contribution in [0.1, 0.15) is 20.8 Å². The highest BCUT2D eigenvalue weighted by Gasteiger charge is 2.39. The van der Waals surface area contributed by atoms with Gasteiger partial charge < -0.3 is 14.2 Å². The summed E-state index contributed by atoms with van der Waals surface area (Å²) in [5, 5.41) is 0. The number of hydrogen-bond donors (Lipinski definition) is 0. The van der Waals surface area contributed by atoms with Crippen molar-refractivity contribution in [2.75, 3.05) is 7.11 Å². The van der Waals surface area contributed by atoms with Gasteiger partial charge in [-0.25, -0.2) is 9.59 Å². The predicted molar refractivity (Wildman–Crippen MR) is 50.5 cm³/mol. The molecule has 84 valence electrons. The Kier molecular flexibility index (Phi) is 3.02. The third-order valence-corrected chi connectivity index (χ3v) is 1.81. The Balaban J connectivity index is 2.77. The summed E-state index contributed by atoms with van der Waals surface area (Å²) in [4.78, 5) is 22.1. The van der Waals surface area contributed by atoms with Crippen molar-refractivity contribution in [3.8, 4) is 0 Å². The Labute approximate surface area is 88.0 Å². The second-order valence-corrected chi connectivity index (χ2v) is 4.25. The normalized spacial score (nSPS) is 23.6. The van der Waals surface area contributed by atoms with E-state index in [9.17, 15) is 9.59 Å². The fourth-order valence-electron chi connectivity index (χ4n) is 0.955. The minimum atomic E-state index is -0.666. The Bertz CT molecular complexity index is 310. The standard InChI is InChI=1S/C10H14O5/c1-10(2,3)9-14-6(8(12)15-9)5-7(11)13-4/h5,9H,1-4H3/b6-5-/t9-/m1/s1. The molecule has 1 atom stereocenters. The number of cyclic esters (lactones) is 1. The fourth-order valence-corrected chi connectivity index (χ4v) is 0.955. The van der Waals surface area contributed by atoms with Crippen molar-refractivity contribution < 1.29 is 23.8 Å². The molecular weight excluding hydrogens is 200 g/mol. The smallest absolute Gasteiger partial charge is 0.377 e. The van der Waals surface area contributed by atoms with E-state index in [0.717, 1.165) is 6.08 Å². The van der Waals surface area contributed by atoms with Crippen molar-refractivity contribution in [3.05, 3.63) is 11.8 Å². The molecule has 0 aromatic heterocycles. The minimum absolute atomic E-state index is 0.109. The number of ether oxygens (including phenoxy) is 3. The molecule has 5 heteroatoms. The fraction of sp³-hybridized carbons (Fsp3) is 0.600. The zero-order valence-electron chi connectivity index (χ0n) is 9.20. The lowest BCUT2D eigenvalue weighted by molar-refractivity contribution is -0.154. The molecule has 15 heavy (non-hydrogen) atoms. The second-order valence-electron chi connectivity index (χ2n) is 4.25. The van der Waals surface area contributed by atoms with E-state index in [-0.39, 0.29) is 11.2 Å². The van der Waals surface area contributed by atoms with Gasteiger partial charge in [-0.05, 0) is 0 Å². The van der Waals surface area contributed by atoms with Crippen LogP contribution in [0.25, 0.3) is 0 Å². The Hall–Kier alpha value is -1.52. The lowest BCUT2D eigenvalue weighted by Crippen LogP contribution is -2.26. The highest BCUT2D eigenvalue weighted by Crippen LogP contribution is 2.30. The van der Waals surface area contributed by atoms with Crippen LogP contribution in [-0.2, 0) is 23.8 Å². The molecule has 0 aromatic carbocycles. The van der Waals surface area contributed by atoms with Crippen LogP contribution in [0, 0.1) is 5.41 Å². The van der Waals surface area contributed by atoms with E-state index in [4.69, 9.17) is 9.47 Å². The number of esters is 2. The molecule has 0 radical (unpaired) electrons. The molecule has 1 fully saturated rings. The van der Waals surface area contributed by atoms with Crippen molar-refractivity contribution in [1.29, 1.82) is 0 Å². The predicted octanol–water partition coefficient (Wildman–Crippen LogP) is 0.989. The number of carbonyl (C=O) groups excluding carboxylic acids is 2. The molecule has 1 rings (SSSR count). The van der Waals surface area contributed by atoms with Crippen LogP contribution in [0.2, 0.25) is 0 Å². The van der Waals surface area contributed by atoms with E-state index < -0.39 is 18.2 Å². The highest BCUT2D eigenvalue weighted by molar-refractivity contribution is 5.95. The number of rotatable bonds is 1. The first-order chi connectivity index (χ1) is 6.84. The Morgan fingerprint density at radius 2 is 2.00 bits per heavy atom. The molecule has 0 unspecified atom stereocenters. The first-order valence-electron chi connectivity index (χ1n) is 4.52. The molecule has 1 aliphatic heterocycles. The van der Waals surface area contributed by atoms with E-state index in [2.05, 4.69) is 4.74 Å². The lowest BCUT2D eigenvalue weighted by atomic mass is 9.96. The first-order valence-corrected chi connectivity index (χ1v) is 4.52. The molecule has 0 aromatic rings. The third kappa shape index (κ3) is 2.71. The second kappa shape index (κ2) is 3.92. The van der Waals surface area contributed by atoms with Gasteiger partial charge in [-0.3, -0.25) is 0 Å².